The van der Waals surface area contributed by atoms with Crippen molar-refractivity contribution < 1.29 is 19.0 Å². The Hall–Kier alpha value is -3.36. The minimum atomic E-state index is -0.205. The largest absolute Gasteiger partial charge is 0.497 e. The summed E-state index contributed by atoms with van der Waals surface area (Å²) in [6.07, 6.45) is 0. The number of halogens is 1. The van der Waals surface area contributed by atoms with Crippen molar-refractivity contribution in [2.45, 2.75) is 5.16 Å². The summed E-state index contributed by atoms with van der Waals surface area (Å²) in [7, 11) is 1.63. The molecule has 0 bridgehead atoms. The predicted molar refractivity (Wildman–Crippen MR) is 125 cm³/mol. The summed E-state index contributed by atoms with van der Waals surface area (Å²) in [6, 6.07) is 18.9. The van der Waals surface area contributed by atoms with E-state index in [0.717, 1.165) is 22.5 Å². The molecular weight excluding hydrogens is 450 g/mol. The van der Waals surface area contributed by atoms with Gasteiger partial charge in [-0.3, -0.25) is 9.36 Å². The number of carbonyl (C=O) groups excluding carboxylic acids is 1. The van der Waals surface area contributed by atoms with E-state index in [1.54, 1.807) is 19.2 Å². The standard InChI is InChI=1S/C23H18ClN3O4S/c1-29-15-8-6-14(7-9-15)27-19-5-3-2-4-17(19)26-23(27)32-12-22(28)25-18-11-21-20(10-16(18)24)30-13-31-21/h2-11H,12-13H2,1H3,(H,25,28). The molecule has 4 aromatic rings. The number of methoxy groups -OCH3 is 1. The van der Waals surface area contributed by atoms with E-state index in [1.807, 2.05) is 53.1 Å². The average molecular weight is 468 g/mol. The van der Waals surface area contributed by atoms with Crippen LogP contribution in [0.15, 0.2) is 65.8 Å². The van der Waals surface area contributed by atoms with Gasteiger partial charge >= 0.3 is 0 Å². The van der Waals surface area contributed by atoms with Gasteiger partial charge in [-0.05, 0) is 36.4 Å². The molecule has 0 fully saturated rings. The number of aromatic nitrogens is 2. The van der Waals surface area contributed by atoms with Gasteiger partial charge in [-0.1, -0.05) is 35.5 Å². The minimum absolute atomic E-state index is 0.139. The fourth-order valence-electron chi connectivity index (χ4n) is 3.41. The van der Waals surface area contributed by atoms with E-state index in [-0.39, 0.29) is 18.5 Å². The molecule has 7 nitrogen and oxygen atoms in total. The number of nitrogens with one attached hydrogen (secondary N) is 1. The van der Waals surface area contributed by atoms with Gasteiger partial charge in [0.25, 0.3) is 0 Å². The SMILES string of the molecule is COc1ccc(-n2c(SCC(=O)Nc3cc4c(cc3Cl)OCO4)nc3ccccc32)cc1. The number of carbonyl (C=O) groups is 1. The van der Waals surface area contributed by atoms with Gasteiger partial charge in [0.1, 0.15) is 5.75 Å². The summed E-state index contributed by atoms with van der Waals surface area (Å²) in [4.78, 5) is 17.4. The van der Waals surface area contributed by atoms with Crippen LogP contribution in [0, 0.1) is 0 Å². The molecule has 0 saturated carbocycles. The van der Waals surface area contributed by atoms with Crippen molar-refractivity contribution in [3.8, 4) is 22.9 Å². The third-order valence-corrected chi connectivity index (χ3v) is 6.18. The third kappa shape index (κ3) is 3.94. The van der Waals surface area contributed by atoms with E-state index in [1.165, 1.54) is 11.8 Å². The first-order valence-corrected chi connectivity index (χ1v) is 11.1. The van der Waals surface area contributed by atoms with Crippen molar-refractivity contribution in [1.82, 2.24) is 9.55 Å². The second-order valence-electron chi connectivity index (χ2n) is 6.94. The highest BCUT2D eigenvalue weighted by Crippen LogP contribution is 2.39. The maximum atomic E-state index is 12.7. The second-order valence-corrected chi connectivity index (χ2v) is 8.29. The zero-order valence-electron chi connectivity index (χ0n) is 17.0. The molecule has 5 rings (SSSR count). The van der Waals surface area contributed by atoms with Crippen molar-refractivity contribution in [1.29, 1.82) is 0 Å². The Balaban J connectivity index is 1.38. The average Bonchev–Trinajstić information content (AvgIpc) is 3.41. The van der Waals surface area contributed by atoms with Crippen LogP contribution < -0.4 is 19.5 Å². The van der Waals surface area contributed by atoms with Gasteiger partial charge in [0.2, 0.25) is 12.7 Å². The number of hydrogen-bond acceptors (Lipinski definition) is 6. The number of ether oxygens (including phenoxy) is 3. The van der Waals surface area contributed by atoms with Crippen LogP contribution in [0.25, 0.3) is 16.7 Å². The molecule has 1 aliphatic rings. The molecule has 1 aromatic heterocycles. The summed E-state index contributed by atoms with van der Waals surface area (Å²) < 4.78 is 18.0. The quantitative estimate of drug-likeness (QED) is 0.395. The molecule has 0 saturated heterocycles. The fourth-order valence-corrected chi connectivity index (χ4v) is 4.44. The van der Waals surface area contributed by atoms with Crippen LogP contribution in [0.2, 0.25) is 5.02 Å². The molecule has 0 spiro atoms. The van der Waals surface area contributed by atoms with E-state index in [0.29, 0.717) is 27.4 Å². The van der Waals surface area contributed by atoms with E-state index in [4.69, 9.17) is 30.8 Å². The van der Waals surface area contributed by atoms with Gasteiger partial charge in [-0.2, -0.15) is 0 Å². The van der Waals surface area contributed by atoms with E-state index in [2.05, 4.69) is 5.32 Å². The van der Waals surface area contributed by atoms with Crippen LogP contribution in [-0.2, 0) is 4.79 Å². The molecule has 0 aliphatic carbocycles. The van der Waals surface area contributed by atoms with Crippen molar-refractivity contribution in [3.05, 3.63) is 65.7 Å². The van der Waals surface area contributed by atoms with Crippen LogP contribution in [0.1, 0.15) is 0 Å². The first-order valence-electron chi connectivity index (χ1n) is 9.76. The molecule has 1 aliphatic heterocycles. The van der Waals surface area contributed by atoms with Crippen LogP contribution in [-0.4, -0.2) is 35.1 Å². The van der Waals surface area contributed by atoms with Gasteiger partial charge in [0.05, 0.1) is 34.6 Å². The molecule has 1 amide bonds. The molecule has 1 N–H and O–H groups in total. The Bertz CT molecular complexity index is 1310. The normalized spacial score (nSPS) is 12.2. The van der Waals surface area contributed by atoms with Crippen molar-refractivity contribution in [2.24, 2.45) is 0 Å². The monoisotopic (exact) mass is 467 g/mol. The summed E-state index contributed by atoms with van der Waals surface area (Å²) >= 11 is 7.61. The van der Waals surface area contributed by atoms with Crippen LogP contribution >= 0.6 is 23.4 Å². The van der Waals surface area contributed by atoms with E-state index < -0.39 is 0 Å². The van der Waals surface area contributed by atoms with Crippen molar-refractivity contribution >= 4 is 46.0 Å². The molecule has 32 heavy (non-hydrogen) atoms. The maximum Gasteiger partial charge on any atom is 0.234 e. The van der Waals surface area contributed by atoms with Crippen molar-refractivity contribution in [3.63, 3.8) is 0 Å². The lowest BCUT2D eigenvalue weighted by Crippen LogP contribution is -2.15. The molecule has 2 heterocycles. The summed E-state index contributed by atoms with van der Waals surface area (Å²) in [5.74, 6) is 1.84. The first-order chi connectivity index (χ1) is 15.6. The maximum absolute atomic E-state index is 12.7. The van der Waals surface area contributed by atoms with Gasteiger partial charge < -0.3 is 19.5 Å². The number of benzene rings is 3. The highest BCUT2D eigenvalue weighted by Gasteiger charge is 2.19. The van der Waals surface area contributed by atoms with Gasteiger partial charge in [0, 0.05) is 17.8 Å². The fraction of sp³-hybridized carbons (Fsp3) is 0.130. The highest BCUT2D eigenvalue weighted by atomic mass is 35.5. The van der Waals surface area contributed by atoms with Gasteiger partial charge in [-0.25, -0.2) is 4.98 Å². The first kappa shape index (κ1) is 20.5. The second kappa shape index (κ2) is 8.64. The zero-order chi connectivity index (χ0) is 22.1. The summed E-state index contributed by atoms with van der Waals surface area (Å²) in [5, 5.41) is 3.94. The molecule has 0 radical (unpaired) electrons. The summed E-state index contributed by atoms with van der Waals surface area (Å²) in [6.45, 7) is 0.139. The molecule has 162 valence electrons. The number of hydrogen-bond donors (Lipinski definition) is 1. The minimum Gasteiger partial charge on any atom is -0.497 e. The molecule has 3 aromatic carbocycles. The number of anilines is 1. The Morgan fingerprint density at radius 1 is 1.16 bits per heavy atom. The summed E-state index contributed by atoms with van der Waals surface area (Å²) in [5.41, 5.74) is 3.22. The third-order valence-electron chi connectivity index (χ3n) is 4.93. The number of para-hydroxylation sites is 2. The van der Waals surface area contributed by atoms with Crippen LogP contribution in [0.3, 0.4) is 0 Å². The smallest absolute Gasteiger partial charge is 0.234 e. The Labute approximate surface area is 193 Å². The van der Waals surface area contributed by atoms with E-state index in [9.17, 15) is 4.79 Å². The number of thioether (sulfide) groups is 1. The van der Waals surface area contributed by atoms with Gasteiger partial charge in [0.15, 0.2) is 16.7 Å². The predicted octanol–water partition coefficient (Wildman–Crippen LogP) is 5.15. The van der Waals surface area contributed by atoms with E-state index >= 15 is 0 Å². The van der Waals surface area contributed by atoms with Crippen molar-refractivity contribution in [2.75, 3.05) is 25.0 Å². The molecular formula is C23H18ClN3O4S. The molecule has 0 unspecified atom stereocenters. The van der Waals surface area contributed by atoms with Crippen LogP contribution in [0.5, 0.6) is 17.2 Å². The number of amides is 1. The van der Waals surface area contributed by atoms with Crippen LogP contribution in [0.4, 0.5) is 5.69 Å². The lowest BCUT2D eigenvalue weighted by molar-refractivity contribution is -0.113. The lowest BCUT2D eigenvalue weighted by atomic mass is 10.2. The molecule has 9 heteroatoms. The topological polar surface area (TPSA) is 74.6 Å². The van der Waals surface area contributed by atoms with Gasteiger partial charge in [-0.15, -0.1) is 0 Å². The highest BCUT2D eigenvalue weighted by molar-refractivity contribution is 7.99. The Kier molecular flexibility index (Phi) is 5.55. The number of imidazole rings is 1. The number of rotatable bonds is 6. The molecule has 0 atom stereocenters. The number of fused-ring (bicyclic) bond motifs is 2. The Morgan fingerprint density at radius 3 is 2.69 bits per heavy atom. The number of nitrogens with zero attached hydrogens (tertiary/aromatic N) is 2. The zero-order valence-corrected chi connectivity index (χ0v) is 18.6. The Morgan fingerprint density at radius 2 is 1.91 bits per heavy atom. The lowest BCUT2D eigenvalue weighted by Gasteiger charge is -2.11.